The number of benzene rings is 1. The van der Waals surface area contributed by atoms with Crippen molar-refractivity contribution in [1.29, 1.82) is 5.26 Å². The highest BCUT2D eigenvalue weighted by Gasteiger charge is 2.16. The predicted octanol–water partition coefficient (Wildman–Crippen LogP) is 3.42. The highest BCUT2D eigenvalue weighted by atomic mass is 79.9. The van der Waals surface area contributed by atoms with E-state index in [2.05, 4.69) is 20.9 Å². The third-order valence-corrected chi connectivity index (χ3v) is 2.72. The lowest BCUT2D eigenvalue weighted by Crippen LogP contribution is -1.97. The molecular formula is C12H6BrN3O3. The Morgan fingerprint density at radius 3 is 2.53 bits per heavy atom. The number of rotatable bonds is 3. The molecule has 0 aliphatic carbocycles. The average Bonchev–Trinajstić information content (AvgIpc) is 2.41. The minimum absolute atomic E-state index is 0.129. The number of hydrogen-bond acceptors (Lipinski definition) is 5. The number of pyridine rings is 1. The first-order valence-corrected chi connectivity index (χ1v) is 5.88. The molecule has 0 N–H and O–H groups in total. The number of hydrogen-bond donors (Lipinski definition) is 0. The number of aromatic nitrogens is 1. The molecule has 0 amide bonds. The van der Waals surface area contributed by atoms with Crippen LogP contribution in [-0.4, -0.2) is 9.91 Å². The van der Waals surface area contributed by atoms with Gasteiger partial charge in [0.15, 0.2) is 0 Å². The third-order valence-electron chi connectivity index (χ3n) is 2.19. The Bertz CT molecular complexity index is 665. The fraction of sp³-hybridized carbons (Fsp3) is 0. The van der Waals surface area contributed by atoms with E-state index in [1.807, 2.05) is 0 Å². The van der Waals surface area contributed by atoms with E-state index in [0.29, 0.717) is 5.75 Å². The summed E-state index contributed by atoms with van der Waals surface area (Å²) < 4.78 is 6.30. The van der Waals surface area contributed by atoms with Crippen LogP contribution in [0.1, 0.15) is 5.69 Å². The molecule has 0 saturated heterocycles. The number of nitrogens with zero attached hydrogens (tertiary/aromatic N) is 3. The van der Waals surface area contributed by atoms with Crippen molar-refractivity contribution >= 4 is 21.6 Å². The molecule has 19 heavy (non-hydrogen) atoms. The molecule has 7 heteroatoms. The van der Waals surface area contributed by atoms with Crippen LogP contribution in [0.3, 0.4) is 0 Å². The van der Waals surface area contributed by atoms with Gasteiger partial charge in [-0.05, 0) is 24.3 Å². The van der Waals surface area contributed by atoms with Gasteiger partial charge in [0, 0.05) is 16.6 Å². The first-order chi connectivity index (χ1) is 9.10. The van der Waals surface area contributed by atoms with Gasteiger partial charge < -0.3 is 4.74 Å². The molecule has 0 bridgehead atoms. The van der Waals surface area contributed by atoms with Gasteiger partial charge in [-0.25, -0.2) is 0 Å². The topological polar surface area (TPSA) is 89.0 Å². The fourth-order valence-corrected chi connectivity index (χ4v) is 1.61. The molecule has 1 aromatic carbocycles. The van der Waals surface area contributed by atoms with Gasteiger partial charge in [0.25, 0.3) is 0 Å². The van der Waals surface area contributed by atoms with Crippen molar-refractivity contribution in [2.45, 2.75) is 0 Å². The highest BCUT2D eigenvalue weighted by Crippen LogP contribution is 2.24. The van der Waals surface area contributed by atoms with Crippen molar-refractivity contribution in [2.75, 3.05) is 0 Å². The van der Waals surface area contributed by atoms with Crippen LogP contribution in [0, 0.1) is 21.4 Å². The molecule has 6 nitrogen and oxygen atoms in total. The number of halogens is 1. The molecule has 2 rings (SSSR count). The van der Waals surface area contributed by atoms with Crippen molar-refractivity contribution in [3.63, 3.8) is 0 Å². The van der Waals surface area contributed by atoms with E-state index in [1.165, 1.54) is 12.1 Å². The molecule has 0 atom stereocenters. The number of nitro groups is 1. The Kier molecular flexibility index (Phi) is 3.73. The quantitative estimate of drug-likeness (QED) is 0.638. The molecule has 0 spiro atoms. The summed E-state index contributed by atoms with van der Waals surface area (Å²) in [7, 11) is 0. The Morgan fingerprint density at radius 2 is 1.95 bits per heavy atom. The lowest BCUT2D eigenvalue weighted by Gasteiger charge is -2.04. The molecule has 0 aliphatic heterocycles. The van der Waals surface area contributed by atoms with E-state index >= 15 is 0 Å². The molecule has 0 fully saturated rings. The molecule has 0 unspecified atom stereocenters. The maximum absolute atomic E-state index is 10.7. The summed E-state index contributed by atoms with van der Waals surface area (Å²) in [4.78, 5) is 13.8. The van der Waals surface area contributed by atoms with Crippen LogP contribution in [0.4, 0.5) is 5.69 Å². The summed E-state index contributed by atoms with van der Waals surface area (Å²) in [5.74, 6) is 0.651. The summed E-state index contributed by atoms with van der Waals surface area (Å²) in [6.07, 6.45) is 0. The standard InChI is InChI=1S/C12H6BrN3O3/c13-8-1-3-9(4-2-8)19-12-6-5-11(16(17)18)10(7-14)15-12/h1-6H. The Hall–Kier alpha value is -2.46. The van der Waals surface area contributed by atoms with Crippen molar-refractivity contribution in [3.8, 4) is 17.7 Å². The fourth-order valence-electron chi connectivity index (χ4n) is 1.34. The van der Waals surface area contributed by atoms with Gasteiger partial charge >= 0.3 is 5.69 Å². The summed E-state index contributed by atoms with van der Waals surface area (Å²) in [6.45, 7) is 0. The summed E-state index contributed by atoms with van der Waals surface area (Å²) >= 11 is 3.29. The molecule has 0 radical (unpaired) electrons. The molecule has 1 heterocycles. The molecule has 1 aromatic heterocycles. The van der Waals surface area contributed by atoms with E-state index < -0.39 is 4.92 Å². The van der Waals surface area contributed by atoms with E-state index in [9.17, 15) is 10.1 Å². The smallest absolute Gasteiger partial charge is 0.305 e. The van der Waals surface area contributed by atoms with Gasteiger partial charge in [0.05, 0.1) is 4.92 Å². The lowest BCUT2D eigenvalue weighted by atomic mass is 10.3. The summed E-state index contributed by atoms with van der Waals surface area (Å²) in [5.41, 5.74) is -0.620. The van der Waals surface area contributed by atoms with Crippen molar-refractivity contribution in [1.82, 2.24) is 4.98 Å². The normalized spacial score (nSPS) is 9.68. The van der Waals surface area contributed by atoms with Crippen LogP contribution in [0.15, 0.2) is 40.9 Å². The first kappa shape index (κ1) is 13.0. The second-order valence-electron chi connectivity index (χ2n) is 3.44. The maximum atomic E-state index is 10.7. The number of nitriles is 1. The summed E-state index contributed by atoms with van der Waals surface area (Å²) in [6, 6.07) is 11.2. The zero-order valence-corrected chi connectivity index (χ0v) is 11.0. The van der Waals surface area contributed by atoms with Crippen LogP contribution < -0.4 is 4.74 Å². The highest BCUT2D eigenvalue weighted by molar-refractivity contribution is 9.10. The summed E-state index contributed by atoms with van der Waals surface area (Å²) in [5, 5.41) is 19.5. The third kappa shape index (κ3) is 3.05. The van der Waals surface area contributed by atoms with Crippen molar-refractivity contribution in [2.24, 2.45) is 0 Å². The second kappa shape index (κ2) is 5.46. The molecular weight excluding hydrogens is 314 g/mol. The lowest BCUT2D eigenvalue weighted by molar-refractivity contribution is -0.385. The minimum Gasteiger partial charge on any atom is -0.439 e. The van der Waals surface area contributed by atoms with E-state index in [1.54, 1.807) is 30.3 Å². The monoisotopic (exact) mass is 319 g/mol. The van der Waals surface area contributed by atoms with Gasteiger partial charge in [-0.2, -0.15) is 10.2 Å². The van der Waals surface area contributed by atoms with Crippen LogP contribution >= 0.6 is 15.9 Å². The zero-order valence-electron chi connectivity index (χ0n) is 9.41. The van der Waals surface area contributed by atoms with Gasteiger partial charge in [-0.15, -0.1) is 0 Å². The predicted molar refractivity (Wildman–Crippen MR) is 69.8 cm³/mol. The second-order valence-corrected chi connectivity index (χ2v) is 4.36. The van der Waals surface area contributed by atoms with Crippen LogP contribution in [0.25, 0.3) is 0 Å². The number of ether oxygens (including phenoxy) is 1. The molecule has 94 valence electrons. The largest absolute Gasteiger partial charge is 0.439 e. The van der Waals surface area contributed by atoms with Crippen LogP contribution in [0.2, 0.25) is 0 Å². The van der Waals surface area contributed by atoms with E-state index in [-0.39, 0.29) is 17.3 Å². The first-order valence-electron chi connectivity index (χ1n) is 5.09. The van der Waals surface area contributed by atoms with Crippen LogP contribution in [-0.2, 0) is 0 Å². The maximum Gasteiger partial charge on any atom is 0.305 e. The average molecular weight is 320 g/mol. The Morgan fingerprint density at radius 1 is 1.26 bits per heavy atom. The van der Waals surface area contributed by atoms with Gasteiger partial charge in [0.2, 0.25) is 11.6 Å². The Labute approximate surface area is 116 Å². The minimum atomic E-state index is -0.658. The SMILES string of the molecule is N#Cc1nc(Oc2ccc(Br)cc2)ccc1[N+](=O)[O-]. The van der Waals surface area contributed by atoms with Crippen molar-refractivity contribution < 1.29 is 9.66 Å². The van der Waals surface area contributed by atoms with E-state index in [4.69, 9.17) is 10.00 Å². The van der Waals surface area contributed by atoms with E-state index in [0.717, 1.165) is 4.47 Å². The molecule has 2 aromatic rings. The molecule has 0 saturated carbocycles. The van der Waals surface area contributed by atoms with Gasteiger partial charge in [0.1, 0.15) is 11.8 Å². The van der Waals surface area contributed by atoms with Gasteiger partial charge in [-0.3, -0.25) is 10.1 Å². The Balaban J connectivity index is 2.29. The van der Waals surface area contributed by atoms with Crippen molar-refractivity contribution in [3.05, 3.63) is 56.7 Å². The zero-order chi connectivity index (χ0) is 13.8. The van der Waals surface area contributed by atoms with Crippen LogP contribution in [0.5, 0.6) is 11.6 Å². The van der Waals surface area contributed by atoms with Gasteiger partial charge in [-0.1, -0.05) is 15.9 Å². The molecule has 0 aliphatic rings.